The van der Waals surface area contributed by atoms with Gasteiger partial charge in [0, 0.05) is 17.5 Å². The lowest BCUT2D eigenvalue weighted by molar-refractivity contribution is 0.00300. The second kappa shape index (κ2) is 7.66. The first-order chi connectivity index (χ1) is 10.2. The van der Waals surface area contributed by atoms with Crippen molar-refractivity contribution in [1.82, 2.24) is 5.32 Å². The van der Waals surface area contributed by atoms with Gasteiger partial charge in [0.2, 0.25) is 0 Å². The maximum atomic E-state index is 10.4. The van der Waals surface area contributed by atoms with E-state index in [0.717, 1.165) is 38.5 Å². The van der Waals surface area contributed by atoms with Gasteiger partial charge in [-0.15, -0.1) is 12.2 Å². The molecule has 2 rings (SSSR count). The van der Waals surface area contributed by atoms with Gasteiger partial charge in [0.25, 0.3) is 0 Å². The summed E-state index contributed by atoms with van der Waals surface area (Å²) in [4.78, 5) is 0. The molecule has 2 heteroatoms. The Kier molecular flexibility index (Phi) is 5.88. The summed E-state index contributed by atoms with van der Waals surface area (Å²) in [5.74, 6) is 2.71. The molecule has 0 radical (unpaired) electrons. The average molecular weight is 285 g/mol. The maximum Gasteiger partial charge on any atom is 0.0620 e. The lowest BCUT2D eigenvalue weighted by Crippen LogP contribution is -2.61. The quantitative estimate of drug-likeness (QED) is 0.613. The zero-order valence-corrected chi connectivity index (χ0v) is 12.9. The molecule has 0 bridgehead atoms. The van der Waals surface area contributed by atoms with E-state index < -0.39 is 0 Å². The summed E-state index contributed by atoms with van der Waals surface area (Å²) in [6.45, 7) is 3.62. The van der Waals surface area contributed by atoms with Crippen LogP contribution in [0, 0.1) is 18.3 Å². The minimum atomic E-state index is -0.275. The number of rotatable bonds is 4. The standard InChI is InChI=1S/C19H27NO/c1-3-5-7-10-16-11-8-14-19(20-16)15-9-13-18(21)17(19)12-6-4-2/h2,5-6,12,16-18,20-21H,1,7-11,13-15H2/t16-,17-,18+,19-/m1/s1. The molecule has 0 aromatic carbocycles. The molecule has 1 spiro atoms. The van der Waals surface area contributed by atoms with Crippen molar-refractivity contribution in [3.05, 3.63) is 30.5 Å². The van der Waals surface area contributed by atoms with Crippen molar-refractivity contribution < 1.29 is 5.11 Å². The average Bonchev–Trinajstić information content (AvgIpc) is 2.47. The molecule has 1 saturated heterocycles. The van der Waals surface area contributed by atoms with Crippen molar-refractivity contribution in [2.45, 2.75) is 69.1 Å². The minimum absolute atomic E-state index is 0.0336. The van der Waals surface area contributed by atoms with E-state index >= 15 is 0 Å². The number of hydrogen-bond donors (Lipinski definition) is 2. The van der Waals surface area contributed by atoms with Crippen LogP contribution < -0.4 is 5.32 Å². The number of hydrogen-bond acceptors (Lipinski definition) is 2. The molecule has 1 saturated carbocycles. The van der Waals surface area contributed by atoms with E-state index in [1.54, 1.807) is 6.08 Å². The lowest BCUT2D eigenvalue weighted by atomic mass is 9.66. The third-order valence-corrected chi connectivity index (χ3v) is 5.05. The highest BCUT2D eigenvalue weighted by molar-refractivity contribution is 5.17. The Morgan fingerprint density at radius 3 is 2.81 bits per heavy atom. The molecule has 2 fully saturated rings. The predicted octanol–water partition coefficient (Wildman–Crippen LogP) is 3.34. The summed E-state index contributed by atoms with van der Waals surface area (Å²) in [6, 6.07) is 0.524. The fourth-order valence-electron chi connectivity index (χ4n) is 4.09. The van der Waals surface area contributed by atoms with E-state index in [9.17, 15) is 5.11 Å². The molecule has 2 aliphatic rings. The highest BCUT2D eigenvalue weighted by Crippen LogP contribution is 2.41. The molecule has 1 aliphatic carbocycles. The van der Waals surface area contributed by atoms with E-state index in [-0.39, 0.29) is 17.6 Å². The van der Waals surface area contributed by atoms with Crippen molar-refractivity contribution in [1.29, 1.82) is 0 Å². The summed E-state index contributed by atoms with van der Waals surface area (Å²) in [7, 11) is 0. The molecule has 4 atom stereocenters. The molecule has 1 aliphatic heterocycles. The Balaban J connectivity index is 2.10. The number of terminal acetylenes is 1. The summed E-state index contributed by atoms with van der Waals surface area (Å²) in [6.07, 6.45) is 19.7. The molecule has 21 heavy (non-hydrogen) atoms. The van der Waals surface area contributed by atoms with Gasteiger partial charge < -0.3 is 10.4 Å². The van der Waals surface area contributed by atoms with Crippen LogP contribution in [0.1, 0.15) is 51.4 Å². The summed E-state index contributed by atoms with van der Waals surface area (Å²) >= 11 is 0. The molecule has 2 nitrogen and oxygen atoms in total. The van der Waals surface area contributed by atoms with Crippen molar-refractivity contribution in [2.24, 2.45) is 5.92 Å². The van der Waals surface area contributed by atoms with Crippen molar-refractivity contribution in [3.8, 4) is 12.3 Å². The van der Waals surface area contributed by atoms with Crippen LogP contribution in [0.4, 0.5) is 0 Å². The van der Waals surface area contributed by atoms with Crippen molar-refractivity contribution >= 4 is 0 Å². The molecular weight excluding hydrogens is 258 g/mol. The van der Waals surface area contributed by atoms with Crippen LogP contribution in [0.5, 0.6) is 0 Å². The van der Waals surface area contributed by atoms with Gasteiger partial charge in [-0.25, -0.2) is 0 Å². The Hall–Kier alpha value is -1.26. The molecule has 2 N–H and O–H groups in total. The smallest absolute Gasteiger partial charge is 0.0620 e. The number of nitrogens with one attached hydrogen (secondary N) is 1. The number of allylic oxidation sites excluding steroid dienone is 2. The molecule has 0 aromatic heterocycles. The van der Waals surface area contributed by atoms with Gasteiger partial charge in [0.05, 0.1) is 6.10 Å². The first-order valence-electron chi connectivity index (χ1n) is 8.15. The van der Waals surface area contributed by atoms with E-state index in [2.05, 4.69) is 23.5 Å². The molecule has 0 aromatic rings. The molecule has 1 heterocycles. The first kappa shape index (κ1) is 16.1. The second-order valence-electron chi connectivity index (χ2n) is 6.39. The van der Waals surface area contributed by atoms with Crippen LogP contribution in [0.2, 0.25) is 0 Å². The van der Waals surface area contributed by atoms with Crippen LogP contribution >= 0.6 is 0 Å². The van der Waals surface area contributed by atoms with E-state index in [0.29, 0.717) is 6.04 Å². The Morgan fingerprint density at radius 1 is 1.33 bits per heavy atom. The molecule has 0 unspecified atom stereocenters. The first-order valence-corrected chi connectivity index (χ1v) is 8.15. The SMILES string of the molecule is C#CC=C[C@@H]1[C@@H](O)CCC[C@]12CCC[C@@H](CCC=C=C)N2. The normalized spacial score (nSPS) is 36.3. The lowest BCUT2D eigenvalue weighted by Gasteiger charge is -2.51. The highest BCUT2D eigenvalue weighted by Gasteiger charge is 2.45. The van der Waals surface area contributed by atoms with E-state index in [1.165, 1.54) is 12.8 Å². The summed E-state index contributed by atoms with van der Waals surface area (Å²) in [5.41, 5.74) is 2.88. The van der Waals surface area contributed by atoms with Gasteiger partial charge in [0.1, 0.15) is 0 Å². The minimum Gasteiger partial charge on any atom is -0.392 e. The third kappa shape index (κ3) is 3.89. The number of piperidine rings is 1. The zero-order valence-electron chi connectivity index (χ0n) is 12.9. The third-order valence-electron chi connectivity index (χ3n) is 5.05. The van der Waals surface area contributed by atoms with Gasteiger partial charge >= 0.3 is 0 Å². The zero-order chi connectivity index (χ0) is 15.1. The van der Waals surface area contributed by atoms with Crippen molar-refractivity contribution in [3.63, 3.8) is 0 Å². The fraction of sp³-hybridized carbons (Fsp3) is 0.632. The van der Waals surface area contributed by atoms with Gasteiger partial charge in [-0.1, -0.05) is 25.0 Å². The topological polar surface area (TPSA) is 32.3 Å². The highest BCUT2D eigenvalue weighted by atomic mass is 16.3. The van der Waals surface area contributed by atoms with Gasteiger partial charge in [0.15, 0.2) is 0 Å². The van der Waals surface area contributed by atoms with E-state index in [1.807, 2.05) is 12.2 Å². The maximum absolute atomic E-state index is 10.4. The predicted molar refractivity (Wildman–Crippen MR) is 87.8 cm³/mol. The Bertz CT molecular complexity index is 451. The van der Waals surface area contributed by atoms with Crippen molar-refractivity contribution in [2.75, 3.05) is 0 Å². The van der Waals surface area contributed by atoms with Gasteiger partial charge in [-0.3, -0.25) is 0 Å². The van der Waals surface area contributed by atoms with Gasteiger partial charge in [-0.05, 0) is 57.1 Å². The Labute approximate surface area is 129 Å². The van der Waals surface area contributed by atoms with Crippen LogP contribution in [-0.2, 0) is 0 Å². The monoisotopic (exact) mass is 285 g/mol. The Morgan fingerprint density at radius 2 is 2.10 bits per heavy atom. The summed E-state index contributed by atoms with van der Waals surface area (Å²) < 4.78 is 0. The van der Waals surface area contributed by atoms with Gasteiger partial charge in [-0.2, -0.15) is 0 Å². The largest absolute Gasteiger partial charge is 0.392 e. The second-order valence-corrected chi connectivity index (χ2v) is 6.39. The molecule has 0 amide bonds. The number of aliphatic hydroxyl groups is 1. The van der Waals surface area contributed by atoms with Crippen LogP contribution in [0.3, 0.4) is 0 Å². The van der Waals surface area contributed by atoms with Crippen LogP contribution in [0.25, 0.3) is 0 Å². The molecular formula is C19H27NO. The fourth-order valence-corrected chi connectivity index (χ4v) is 4.09. The van der Waals surface area contributed by atoms with Crippen LogP contribution in [-0.4, -0.2) is 22.8 Å². The van der Waals surface area contributed by atoms with Crippen LogP contribution in [0.15, 0.2) is 30.5 Å². The summed E-state index contributed by atoms with van der Waals surface area (Å²) in [5, 5.41) is 14.3. The molecule has 114 valence electrons. The van der Waals surface area contributed by atoms with E-state index in [4.69, 9.17) is 6.42 Å². The number of aliphatic hydroxyl groups excluding tert-OH is 1.